The van der Waals surface area contributed by atoms with Crippen molar-refractivity contribution < 1.29 is 23.4 Å². The first-order valence-corrected chi connectivity index (χ1v) is 9.93. The number of pyridine rings is 1. The van der Waals surface area contributed by atoms with Crippen LogP contribution in [0.1, 0.15) is 21.5 Å². The Morgan fingerprint density at radius 3 is 2.41 bits per heavy atom. The van der Waals surface area contributed by atoms with Crippen LogP contribution in [-0.2, 0) is 6.54 Å². The second-order valence-corrected chi connectivity index (χ2v) is 7.41. The highest BCUT2D eigenvalue weighted by atomic mass is 19.1. The average Bonchev–Trinajstić information content (AvgIpc) is 3.28. The Kier molecular flexibility index (Phi) is 4.86. The lowest BCUT2D eigenvalue weighted by Gasteiger charge is -2.14. The standard InChI is InChI=1S/C25H18FNO5/c1-30-18-8-2-15(3-9-18)12-27-13-20(24(28)16-4-6-17(26)7-5-16)25(29)19-10-22-23(11-21(19)27)32-14-31-22/h2-11,13H,12,14H2,1H3. The Labute approximate surface area is 182 Å². The minimum Gasteiger partial charge on any atom is -0.497 e. The summed E-state index contributed by atoms with van der Waals surface area (Å²) in [7, 11) is 1.60. The van der Waals surface area contributed by atoms with E-state index in [0.717, 1.165) is 11.3 Å². The van der Waals surface area contributed by atoms with Crippen LogP contribution in [0, 0.1) is 5.82 Å². The normalized spacial score (nSPS) is 12.2. The number of aromatic nitrogens is 1. The molecule has 6 nitrogen and oxygen atoms in total. The van der Waals surface area contributed by atoms with Gasteiger partial charge in [-0.3, -0.25) is 9.59 Å². The van der Waals surface area contributed by atoms with Crippen LogP contribution in [0.25, 0.3) is 10.9 Å². The molecule has 1 aliphatic rings. The van der Waals surface area contributed by atoms with Gasteiger partial charge in [0.15, 0.2) is 17.3 Å². The van der Waals surface area contributed by atoms with Crippen LogP contribution >= 0.6 is 0 Å². The summed E-state index contributed by atoms with van der Waals surface area (Å²) in [5, 5.41) is 0.343. The SMILES string of the molecule is COc1ccc(Cn2cc(C(=O)c3ccc(F)cc3)c(=O)c3cc4c(cc32)OCO4)cc1. The van der Waals surface area contributed by atoms with Gasteiger partial charge in [0.2, 0.25) is 12.2 Å². The van der Waals surface area contributed by atoms with E-state index >= 15 is 0 Å². The highest BCUT2D eigenvalue weighted by Gasteiger charge is 2.22. The second-order valence-electron chi connectivity index (χ2n) is 7.41. The molecule has 5 rings (SSSR count). The molecular weight excluding hydrogens is 413 g/mol. The van der Waals surface area contributed by atoms with E-state index in [9.17, 15) is 14.0 Å². The van der Waals surface area contributed by atoms with Crippen molar-refractivity contribution in [3.8, 4) is 17.2 Å². The molecule has 0 aliphatic carbocycles. The van der Waals surface area contributed by atoms with E-state index in [1.807, 2.05) is 28.8 Å². The van der Waals surface area contributed by atoms with Gasteiger partial charge in [0.05, 0.1) is 23.6 Å². The Bertz CT molecular complexity index is 1390. The van der Waals surface area contributed by atoms with Gasteiger partial charge in [0.1, 0.15) is 11.6 Å². The summed E-state index contributed by atoms with van der Waals surface area (Å²) in [6.45, 7) is 0.476. The van der Waals surface area contributed by atoms with Crippen LogP contribution in [0.2, 0.25) is 0 Å². The summed E-state index contributed by atoms with van der Waals surface area (Å²) < 4.78 is 31.3. The van der Waals surface area contributed by atoms with Gasteiger partial charge in [0, 0.05) is 24.4 Å². The molecule has 32 heavy (non-hydrogen) atoms. The maximum absolute atomic E-state index is 13.3. The second kappa shape index (κ2) is 7.85. The van der Waals surface area contributed by atoms with E-state index < -0.39 is 17.0 Å². The van der Waals surface area contributed by atoms with Gasteiger partial charge in [-0.15, -0.1) is 0 Å². The first-order valence-electron chi connectivity index (χ1n) is 9.93. The molecule has 0 amide bonds. The lowest BCUT2D eigenvalue weighted by molar-refractivity contribution is 0.103. The zero-order valence-corrected chi connectivity index (χ0v) is 17.1. The van der Waals surface area contributed by atoms with E-state index in [-0.39, 0.29) is 17.9 Å². The predicted octanol–water partition coefficient (Wildman–Crippen LogP) is 4.16. The van der Waals surface area contributed by atoms with Gasteiger partial charge in [-0.25, -0.2) is 4.39 Å². The number of ether oxygens (including phenoxy) is 3. The molecule has 0 bridgehead atoms. The average molecular weight is 431 g/mol. The molecule has 0 saturated carbocycles. The Balaban J connectivity index is 1.68. The van der Waals surface area contributed by atoms with Crippen molar-refractivity contribution in [3.63, 3.8) is 0 Å². The first-order chi connectivity index (χ1) is 15.5. The molecule has 3 aromatic carbocycles. The van der Waals surface area contributed by atoms with Crippen molar-refractivity contribution in [2.45, 2.75) is 6.54 Å². The van der Waals surface area contributed by atoms with Crippen LogP contribution in [0.4, 0.5) is 4.39 Å². The summed E-state index contributed by atoms with van der Waals surface area (Å²) in [6.07, 6.45) is 1.54. The van der Waals surface area contributed by atoms with Crippen LogP contribution < -0.4 is 19.6 Å². The van der Waals surface area contributed by atoms with E-state index in [1.54, 1.807) is 25.4 Å². The smallest absolute Gasteiger partial charge is 0.231 e. The van der Waals surface area contributed by atoms with E-state index in [4.69, 9.17) is 14.2 Å². The molecular formula is C25H18FNO5. The number of carbonyl (C=O) groups excluding carboxylic acids is 1. The fourth-order valence-electron chi connectivity index (χ4n) is 3.76. The number of carbonyl (C=O) groups is 1. The number of halogens is 1. The van der Waals surface area contributed by atoms with Crippen LogP contribution in [0.5, 0.6) is 17.2 Å². The predicted molar refractivity (Wildman–Crippen MR) is 116 cm³/mol. The van der Waals surface area contributed by atoms with E-state index in [0.29, 0.717) is 28.9 Å². The van der Waals surface area contributed by atoms with Crippen molar-refractivity contribution in [1.29, 1.82) is 0 Å². The summed E-state index contributed by atoms with van der Waals surface area (Å²) >= 11 is 0. The van der Waals surface area contributed by atoms with Crippen molar-refractivity contribution in [1.82, 2.24) is 4.57 Å². The summed E-state index contributed by atoms with van der Waals surface area (Å²) in [4.78, 5) is 26.4. The van der Waals surface area contributed by atoms with Gasteiger partial charge < -0.3 is 18.8 Å². The molecule has 0 spiro atoms. The van der Waals surface area contributed by atoms with Crippen LogP contribution in [0.3, 0.4) is 0 Å². The van der Waals surface area contributed by atoms with Crippen molar-refractivity contribution in [2.24, 2.45) is 0 Å². The molecule has 4 aromatic rings. The number of rotatable bonds is 5. The Morgan fingerprint density at radius 1 is 1.03 bits per heavy atom. The molecule has 0 atom stereocenters. The molecule has 2 heterocycles. The highest BCUT2D eigenvalue weighted by molar-refractivity contribution is 6.10. The third-order valence-corrected chi connectivity index (χ3v) is 5.44. The summed E-state index contributed by atoms with van der Waals surface area (Å²) in [5.74, 6) is 0.798. The van der Waals surface area contributed by atoms with Crippen LogP contribution in [0.15, 0.2) is 71.7 Å². The number of ketones is 1. The largest absolute Gasteiger partial charge is 0.497 e. The van der Waals surface area contributed by atoms with Crippen molar-refractivity contribution in [2.75, 3.05) is 13.9 Å². The van der Waals surface area contributed by atoms with E-state index in [1.165, 1.54) is 24.3 Å². The maximum atomic E-state index is 13.3. The summed E-state index contributed by atoms with van der Waals surface area (Å²) in [5.41, 5.74) is 1.38. The maximum Gasteiger partial charge on any atom is 0.231 e. The molecule has 1 aliphatic heterocycles. The minimum atomic E-state index is -0.474. The summed E-state index contributed by atoms with van der Waals surface area (Å²) in [6, 6.07) is 16.0. The highest BCUT2D eigenvalue weighted by Crippen LogP contribution is 2.35. The minimum absolute atomic E-state index is 0.00325. The van der Waals surface area contributed by atoms with Gasteiger partial charge in [0.25, 0.3) is 0 Å². The number of benzene rings is 3. The molecule has 0 N–H and O–H groups in total. The third-order valence-electron chi connectivity index (χ3n) is 5.44. The molecule has 1 aromatic heterocycles. The zero-order valence-electron chi connectivity index (χ0n) is 17.1. The molecule has 160 valence electrons. The quantitative estimate of drug-likeness (QED) is 0.444. The Hall–Kier alpha value is -4.13. The molecule has 0 saturated heterocycles. The van der Waals surface area contributed by atoms with Gasteiger partial charge in [-0.1, -0.05) is 12.1 Å². The number of nitrogens with zero attached hydrogens (tertiary/aromatic N) is 1. The lowest BCUT2D eigenvalue weighted by Crippen LogP contribution is -2.20. The van der Waals surface area contributed by atoms with Gasteiger partial charge >= 0.3 is 0 Å². The number of hydrogen-bond acceptors (Lipinski definition) is 5. The molecule has 0 unspecified atom stereocenters. The number of methoxy groups -OCH3 is 1. The van der Waals surface area contributed by atoms with Crippen molar-refractivity contribution >= 4 is 16.7 Å². The molecule has 7 heteroatoms. The van der Waals surface area contributed by atoms with Gasteiger partial charge in [-0.05, 0) is 48.0 Å². The van der Waals surface area contributed by atoms with E-state index in [2.05, 4.69) is 0 Å². The van der Waals surface area contributed by atoms with Crippen LogP contribution in [-0.4, -0.2) is 24.3 Å². The third kappa shape index (κ3) is 3.47. The Morgan fingerprint density at radius 2 is 1.72 bits per heavy atom. The number of fused-ring (bicyclic) bond motifs is 2. The zero-order chi connectivity index (χ0) is 22.2. The monoisotopic (exact) mass is 431 g/mol. The van der Waals surface area contributed by atoms with Crippen molar-refractivity contribution in [3.05, 3.63) is 99.6 Å². The topological polar surface area (TPSA) is 66.8 Å². The lowest BCUT2D eigenvalue weighted by atomic mass is 10.0. The molecule has 0 fully saturated rings. The number of hydrogen-bond donors (Lipinski definition) is 0. The first kappa shape index (κ1) is 19.8. The fourth-order valence-corrected chi connectivity index (χ4v) is 3.76. The van der Waals surface area contributed by atoms with Gasteiger partial charge in [-0.2, -0.15) is 0 Å². The fraction of sp³-hybridized carbons (Fsp3) is 0.120. The molecule has 0 radical (unpaired) electrons.